The minimum Gasteiger partial charge on any atom is -0.479 e. The highest BCUT2D eigenvalue weighted by Crippen LogP contribution is 2.82. The van der Waals surface area contributed by atoms with Crippen LogP contribution in [0.15, 0.2) is 23.3 Å². The zero-order valence-corrected chi connectivity index (χ0v) is 45.1. The first-order valence-corrected chi connectivity index (χ1v) is 27.5. The number of rotatable bonds is 15. The maximum absolute atomic E-state index is 13.8. The second-order valence-electron chi connectivity index (χ2n) is 24.3. The Balaban J connectivity index is 1.03. The molecule has 3 heterocycles. The van der Waals surface area contributed by atoms with Crippen molar-refractivity contribution in [3.63, 3.8) is 0 Å². The summed E-state index contributed by atoms with van der Waals surface area (Å²) >= 11 is 4.89. The molecule has 9 rings (SSSR count). The molecule has 0 aromatic carbocycles. The molecule has 12 radical (unpaired) electrons. The molecule has 418 valence electrons. The average molecular weight is 1100 g/mol. The number of aliphatic hydroxyl groups excluding tert-OH is 9. The average Bonchev–Trinajstić information content (AvgIpc) is 1.71. The number of hydrogen-bond acceptors (Lipinski definition) is 20. The number of carboxylic acids is 1. The van der Waals surface area contributed by atoms with Crippen molar-refractivity contribution in [1.29, 1.82) is 0 Å². The van der Waals surface area contributed by atoms with Crippen LogP contribution in [-0.2, 0) is 47.5 Å². The molecular weight excluding hydrogens is 1030 g/mol. The summed E-state index contributed by atoms with van der Waals surface area (Å²) in [5, 5.41) is 105. The van der Waals surface area contributed by atoms with E-state index in [4.69, 9.17) is 92.9 Å². The van der Waals surface area contributed by atoms with Crippen LogP contribution in [-0.4, -0.2) is 238 Å². The molecule has 8 fully saturated rings. The Morgan fingerprint density at radius 3 is 2.13 bits per heavy atom. The number of carbonyl (C=O) groups excluding carboxylic acids is 2. The smallest absolute Gasteiger partial charge is 0.336 e. The molecule has 27 heteroatoms. The van der Waals surface area contributed by atoms with E-state index >= 15 is 0 Å². The van der Waals surface area contributed by atoms with E-state index in [1.54, 1.807) is 26.8 Å². The molecule has 26 atom stereocenters. The van der Waals surface area contributed by atoms with Gasteiger partial charge in [0.25, 0.3) is 0 Å². The Kier molecular flexibility index (Phi) is 16.7. The number of hydrogen-bond donors (Lipinski definition) is 11. The van der Waals surface area contributed by atoms with Gasteiger partial charge >= 0.3 is 11.9 Å². The van der Waals surface area contributed by atoms with Gasteiger partial charge in [0.2, 0.25) is 0 Å². The van der Waals surface area contributed by atoms with E-state index in [2.05, 4.69) is 0 Å². The Hall–Kier alpha value is -1.77. The van der Waals surface area contributed by atoms with Gasteiger partial charge in [0.15, 0.2) is 25.0 Å². The summed E-state index contributed by atoms with van der Waals surface area (Å²) in [5.41, 5.74) is -3.25. The van der Waals surface area contributed by atoms with Crippen molar-refractivity contribution in [3.05, 3.63) is 23.3 Å². The van der Waals surface area contributed by atoms with Crippen molar-refractivity contribution in [2.75, 3.05) is 19.8 Å². The van der Waals surface area contributed by atoms with E-state index in [0.717, 1.165) is 0 Å². The number of carboxylic acid groups (broad SMARTS) is 1. The van der Waals surface area contributed by atoms with E-state index in [1.165, 1.54) is 13.0 Å². The predicted molar refractivity (Wildman–Crippen MR) is 280 cm³/mol. The van der Waals surface area contributed by atoms with E-state index in [1.807, 2.05) is 0 Å². The van der Waals surface area contributed by atoms with Crippen molar-refractivity contribution >= 4 is 77.4 Å². The SMILES string of the molecule is [B]C1([B])C2CC[C@]3([B])C(CC=C4C5C[C@@]([B])(S)[C@@H](OC(=O)/C(C)=C\C)[C@H](CC(=O)C(C)C)[C@]5(CO)[C@H](O)[C@H](O)[C@]43[B])[C@@]2([B])CC[C@@H]1OC1OC(C(=O)O)C2(O[C@H]3CC[C@H](CO)O3)C(O)C2C1OC1OC(CO)C(O)C(O)C1O. The Bertz CT molecular complexity index is 2370. The van der Waals surface area contributed by atoms with Gasteiger partial charge in [0.05, 0.1) is 103 Å². The maximum Gasteiger partial charge on any atom is 0.336 e. The first-order chi connectivity index (χ1) is 36.4. The molecule has 5 saturated carbocycles. The number of esters is 1. The molecule has 14 unspecified atom stereocenters. The number of ether oxygens (including phenoxy) is 7. The number of aliphatic carboxylic acids is 1. The maximum atomic E-state index is 13.8. The second kappa shape index (κ2) is 21.4. The molecule has 78 heavy (non-hydrogen) atoms. The van der Waals surface area contributed by atoms with Crippen LogP contribution in [0.3, 0.4) is 0 Å². The van der Waals surface area contributed by atoms with Crippen LogP contribution in [0.5, 0.6) is 0 Å². The Morgan fingerprint density at radius 1 is 0.833 bits per heavy atom. The third-order valence-electron chi connectivity index (χ3n) is 20.1. The summed E-state index contributed by atoms with van der Waals surface area (Å²) < 4.78 is 41.1. The lowest BCUT2D eigenvalue weighted by Crippen LogP contribution is -2.73. The molecule has 3 aliphatic heterocycles. The summed E-state index contributed by atoms with van der Waals surface area (Å²) in [6.45, 7) is 4.57. The van der Waals surface area contributed by atoms with Crippen LogP contribution < -0.4 is 0 Å². The molecule has 0 aromatic heterocycles. The quantitative estimate of drug-likeness (QED) is 0.0208. The van der Waals surface area contributed by atoms with Crippen molar-refractivity contribution < 1.29 is 98.6 Å². The van der Waals surface area contributed by atoms with E-state index < -0.39 is 190 Å². The molecule has 3 saturated heterocycles. The summed E-state index contributed by atoms with van der Waals surface area (Å²) in [6, 6.07) is 0. The fraction of sp³-hybridized carbons (Fsp3) is 0.863. The number of aliphatic hydroxyl groups is 9. The van der Waals surface area contributed by atoms with Crippen LogP contribution >= 0.6 is 12.6 Å². The lowest BCUT2D eigenvalue weighted by Gasteiger charge is -2.75. The number of fused-ring (bicyclic) bond motifs is 8. The highest BCUT2D eigenvalue weighted by molar-refractivity contribution is 7.83. The third kappa shape index (κ3) is 9.01. The van der Waals surface area contributed by atoms with Gasteiger partial charge in [0.1, 0.15) is 48.0 Å². The molecule has 10 N–H and O–H groups in total. The number of ketones is 1. The Morgan fingerprint density at radius 2 is 1.53 bits per heavy atom. The van der Waals surface area contributed by atoms with Gasteiger partial charge in [-0.05, 0) is 56.7 Å². The normalized spacial score (nSPS) is 51.4. The van der Waals surface area contributed by atoms with Crippen LogP contribution in [0.1, 0.15) is 85.5 Å². The largest absolute Gasteiger partial charge is 0.479 e. The van der Waals surface area contributed by atoms with Crippen molar-refractivity contribution in [2.24, 2.45) is 40.9 Å². The van der Waals surface area contributed by atoms with Crippen molar-refractivity contribution in [3.8, 4) is 0 Å². The highest BCUT2D eigenvalue weighted by atomic mass is 32.1. The molecule has 6 aliphatic carbocycles. The molecule has 0 spiro atoms. The van der Waals surface area contributed by atoms with Gasteiger partial charge in [-0.2, -0.15) is 12.6 Å². The van der Waals surface area contributed by atoms with Gasteiger partial charge in [-0.1, -0.05) is 72.6 Å². The molecule has 0 aromatic rings. The third-order valence-corrected chi connectivity index (χ3v) is 20.6. The number of carbonyl (C=O) groups is 3. The summed E-state index contributed by atoms with van der Waals surface area (Å²) in [5.74, 6) is -8.36. The van der Waals surface area contributed by atoms with Crippen molar-refractivity contribution in [2.45, 2.75) is 209 Å². The molecule has 9 aliphatic rings. The van der Waals surface area contributed by atoms with Gasteiger partial charge in [-0.25, -0.2) is 9.59 Å². The van der Waals surface area contributed by atoms with Crippen LogP contribution in [0.4, 0.5) is 0 Å². The number of allylic oxidation sites excluding steroid dienone is 2. The summed E-state index contributed by atoms with van der Waals surface area (Å²) in [4.78, 5) is 40.4. The fourth-order valence-electron chi connectivity index (χ4n) is 15.6. The minimum atomic E-state index is -2.06. The summed E-state index contributed by atoms with van der Waals surface area (Å²) in [7, 11) is 44.3. The van der Waals surface area contributed by atoms with Crippen LogP contribution in [0.25, 0.3) is 0 Å². The van der Waals surface area contributed by atoms with Gasteiger partial charge in [0, 0.05) is 40.3 Å². The summed E-state index contributed by atoms with van der Waals surface area (Å²) in [6.07, 6.45) is -20.6. The molecule has 0 bridgehead atoms. The van der Waals surface area contributed by atoms with Crippen molar-refractivity contribution in [1.82, 2.24) is 0 Å². The lowest BCUT2D eigenvalue weighted by atomic mass is 9.20. The highest BCUT2D eigenvalue weighted by Gasteiger charge is 2.81. The van der Waals surface area contributed by atoms with Crippen LogP contribution in [0.2, 0.25) is 21.2 Å². The number of Topliss-reactive ketones (excluding diaryl/α,β-unsaturated/α-hetero) is 1. The van der Waals surface area contributed by atoms with Gasteiger partial charge in [-0.3, -0.25) is 4.79 Å². The predicted octanol–water partition coefficient (Wildman–Crippen LogP) is -2.17. The standard InChI is InChI=1S/C51H70B6O20S/c1-5-20(4)42(70)75-39-23(14-25(61)19(2)3)45(18-60)24(15-48(39,54)78)22-7-8-27-46(52)12-11-29(51(56,57)28(46)10-13-47(27,53)50(22,55)38(67)37(45)66)73-44-35(74-43-34(64)33(63)32(62)26(17-59)72-43)31-36(65)49(31,40(76-44)41(68)69)77-30-9-6-21(16-58)71-30/h5,7,19,21,23-24,26-40,43-44,58-60,62-67,78H,6,8-18H2,1-4H3,(H,68,69)/b20-5-/t21-,23+,24?,26?,27?,28?,29+,30+,31?,32?,33?,34?,35?,36?,37-,38+,39+,40?,43?,44?,45+,46+,47+,48-,49?,50-/m1/s1. The van der Waals surface area contributed by atoms with Crippen LogP contribution in [0, 0.1) is 40.9 Å². The Labute approximate surface area is 467 Å². The minimum absolute atomic E-state index is 0.0221. The fourth-order valence-corrected chi connectivity index (χ4v) is 16.0. The monoisotopic (exact) mass is 1100 g/mol. The molecule has 20 nitrogen and oxygen atoms in total. The first kappa shape index (κ1) is 60.8. The zero-order valence-electron chi connectivity index (χ0n) is 44.2. The van der Waals surface area contributed by atoms with E-state index in [9.17, 15) is 65.4 Å². The van der Waals surface area contributed by atoms with E-state index in [0.29, 0.717) is 12.0 Å². The topological polar surface area (TPSA) is 318 Å². The lowest BCUT2D eigenvalue weighted by molar-refractivity contribution is -0.360. The van der Waals surface area contributed by atoms with E-state index in [-0.39, 0.29) is 69.3 Å². The molecule has 0 amide bonds. The van der Waals surface area contributed by atoms with Gasteiger partial charge in [-0.15, -0.1) is 0 Å². The number of thiol groups is 1. The van der Waals surface area contributed by atoms with Gasteiger partial charge < -0.3 is 84.2 Å². The molecular formula is C51H70B6O20S. The first-order valence-electron chi connectivity index (χ1n) is 27.1. The second-order valence-corrected chi connectivity index (χ2v) is 25.1. The zero-order chi connectivity index (χ0) is 57.4.